The highest BCUT2D eigenvalue weighted by molar-refractivity contribution is 6.30. The smallest absolute Gasteiger partial charge is 0.405 e. The molecule has 2 aromatic carbocycles. The normalized spacial score (nSPS) is 21.6. The topological polar surface area (TPSA) is 134 Å². The summed E-state index contributed by atoms with van der Waals surface area (Å²) in [6.07, 6.45) is 1.33. The molecule has 0 unspecified atom stereocenters. The lowest BCUT2D eigenvalue weighted by atomic mass is 9.98. The van der Waals surface area contributed by atoms with Crippen LogP contribution in [0.1, 0.15) is 36.5 Å². The molecule has 190 valence electrons. The molecule has 0 saturated carbocycles. The Hall–Kier alpha value is -3.85. The van der Waals surface area contributed by atoms with Crippen molar-refractivity contribution >= 4 is 35.5 Å². The van der Waals surface area contributed by atoms with Gasteiger partial charge in [0, 0.05) is 18.0 Å². The van der Waals surface area contributed by atoms with Gasteiger partial charge in [0.25, 0.3) is 0 Å². The first-order valence-corrected chi connectivity index (χ1v) is 11.9. The molecule has 0 fully saturated rings. The highest BCUT2D eigenvalue weighted by Crippen LogP contribution is 2.20. The largest absolute Gasteiger partial charge is 0.465 e. The summed E-state index contributed by atoms with van der Waals surface area (Å²) in [6, 6.07) is 14.8. The van der Waals surface area contributed by atoms with Gasteiger partial charge < -0.3 is 25.8 Å². The van der Waals surface area contributed by atoms with E-state index >= 15 is 0 Å². The SMILES string of the molecule is O=C(O)N[C@@H]1C/C=C/C[C@@H](CC(=O)NCc2ccc(Cl)cc2)C(=O)NC[C@@H](c2ccccc2)OC1=O. The molecule has 0 aromatic heterocycles. The van der Waals surface area contributed by atoms with Crippen LogP contribution in [0, 0.1) is 5.92 Å². The van der Waals surface area contributed by atoms with E-state index in [1.165, 1.54) is 0 Å². The van der Waals surface area contributed by atoms with Gasteiger partial charge in [-0.05, 0) is 36.1 Å². The predicted octanol–water partition coefficient (Wildman–Crippen LogP) is 3.35. The highest BCUT2D eigenvalue weighted by Gasteiger charge is 2.28. The lowest BCUT2D eigenvalue weighted by molar-refractivity contribution is -0.152. The molecule has 4 N–H and O–H groups in total. The van der Waals surface area contributed by atoms with E-state index in [0.29, 0.717) is 17.1 Å². The number of hydrogen-bond acceptors (Lipinski definition) is 5. The van der Waals surface area contributed by atoms with E-state index in [-0.39, 0.29) is 37.6 Å². The number of nitrogens with one attached hydrogen (secondary N) is 3. The number of benzene rings is 2. The van der Waals surface area contributed by atoms with Crippen molar-refractivity contribution in [1.29, 1.82) is 0 Å². The Labute approximate surface area is 213 Å². The first-order valence-electron chi connectivity index (χ1n) is 11.5. The van der Waals surface area contributed by atoms with Crippen molar-refractivity contribution in [3.8, 4) is 0 Å². The van der Waals surface area contributed by atoms with Crippen LogP contribution in [0.3, 0.4) is 0 Å². The number of rotatable bonds is 6. The van der Waals surface area contributed by atoms with Crippen LogP contribution < -0.4 is 16.0 Å². The minimum atomic E-state index is -1.35. The van der Waals surface area contributed by atoms with Crippen molar-refractivity contribution in [2.75, 3.05) is 6.54 Å². The lowest BCUT2D eigenvalue weighted by Gasteiger charge is -2.24. The van der Waals surface area contributed by atoms with E-state index < -0.39 is 30.1 Å². The Kier molecular flexibility index (Phi) is 9.88. The molecule has 0 spiro atoms. The van der Waals surface area contributed by atoms with Crippen LogP contribution >= 0.6 is 11.6 Å². The number of ether oxygens (including phenoxy) is 1. The maximum Gasteiger partial charge on any atom is 0.405 e. The van der Waals surface area contributed by atoms with Gasteiger partial charge in [0.15, 0.2) is 0 Å². The summed E-state index contributed by atoms with van der Waals surface area (Å²) in [5, 5.41) is 17.5. The Morgan fingerprint density at radius 1 is 1.03 bits per heavy atom. The summed E-state index contributed by atoms with van der Waals surface area (Å²) in [4.78, 5) is 49.4. The zero-order valence-corrected chi connectivity index (χ0v) is 20.2. The molecule has 0 aliphatic carbocycles. The van der Waals surface area contributed by atoms with Crippen molar-refractivity contribution in [1.82, 2.24) is 16.0 Å². The molecule has 0 radical (unpaired) electrons. The number of cyclic esters (lactones) is 1. The van der Waals surface area contributed by atoms with E-state index in [0.717, 1.165) is 5.56 Å². The van der Waals surface area contributed by atoms with Crippen LogP contribution in [0.25, 0.3) is 0 Å². The van der Waals surface area contributed by atoms with Gasteiger partial charge in [-0.25, -0.2) is 9.59 Å². The number of amides is 3. The summed E-state index contributed by atoms with van der Waals surface area (Å²) in [7, 11) is 0. The number of carbonyl (C=O) groups excluding carboxylic acids is 3. The zero-order chi connectivity index (χ0) is 25.9. The quantitative estimate of drug-likeness (QED) is 0.346. The Bertz CT molecular complexity index is 1090. The summed E-state index contributed by atoms with van der Waals surface area (Å²) in [5.74, 6) is -2.05. The third kappa shape index (κ3) is 8.42. The Balaban J connectivity index is 1.72. The lowest BCUT2D eigenvalue weighted by Crippen LogP contribution is -2.43. The highest BCUT2D eigenvalue weighted by atomic mass is 35.5. The number of carbonyl (C=O) groups is 4. The first-order chi connectivity index (χ1) is 17.3. The van der Waals surface area contributed by atoms with Crippen molar-refractivity contribution in [2.45, 2.75) is 38.0 Å². The summed E-state index contributed by atoms with van der Waals surface area (Å²) in [6.45, 7) is 0.274. The van der Waals surface area contributed by atoms with E-state index in [1.54, 1.807) is 66.7 Å². The molecule has 9 nitrogen and oxygen atoms in total. The molecular formula is C26H28ClN3O6. The molecule has 10 heteroatoms. The molecule has 3 amide bonds. The minimum Gasteiger partial charge on any atom is -0.465 e. The van der Waals surface area contributed by atoms with Crippen LogP contribution in [0.2, 0.25) is 5.02 Å². The maximum atomic E-state index is 13.0. The number of allylic oxidation sites excluding steroid dienone is 1. The van der Waals surface area contributed by atoms with E-state index in [2.05, 4.69) is 16.0 Å². The van der Waals surface area contributed by atoms with Gasteiger partial charge in [-0.3, -0.25) is 9.59 Å². The average Bonchev–Trinajstić information content (AvgIpc) is 2.86. The van der Waals surface area contributed by atoms with E-state index in [9.17, 15) is 19.2 Å². The van der Waals surface area contributed by atoms with Gasteiger partial charge in [0.1, 0.15) is 12.1 Å². The molecule has 3 atom stereocenters. The average molecular weight is 514 g/mol. The Morgan fingerprint density at radius 2 is 1.72 bits per heavy atom. The van der Waals surface area contributed by atoms with Crippen LogP contribution in [0.5, 0.6) is 0 Å². The van der Waals surface area contributed by atoms with Crippen molar-refractivity contribution in [3.63, 3.8) is 0 Å². The summed E-state index contributed by atoms with van der Waals surface area (Å²) < 4.78 is 5.58. The third-order valence-corrected chi connectivity index (χ3v) is 5.89. The molecule has 3 rings (SSSR count). The van der Waals surface area contributed by atoms with Gasteiger partial charge in [-0.15, -0.1) is 0 Å². The number of carboxylic acid groups (broad SMARTS) is 1. The van der Waals surface area contributed by atoms with Crippen LogP contribution in [-0.4, -0.2) is 41.6 Å². The molecule has 36 heavy (non-hydrogen) atoms. The number of esters is 1. The van der Waals surface area contributed by atoms with E-state index in [1.807, 2.05) is 0 Å². The molecule has 0 saturated heterocycles. The van der Waals surface area contributed by atoms with E-state index in [4.69, 9.17) is 21.4 Å². The molecule has 0 bridgehead atoms. The predicted molar refractivity (Wildman–Crippen MR) is 133 cm³/mol. The summed E-state index contributed by atoms with van der Waals surface area (Å²) >= 11 is 5.89. The number of hydrogen-bond donors (Lipinski definition) is 4. The Morgan fingerprint density at radius 3 is 2.42 bits per heavy atom. The summed E-state index contributed by atoms with van der Waals surface area (Å²) in [5.41, 5.74) is 1.52. The van der Waals surface area contributed by atoms with Gasteiger partial charge in [-0.1, -0.05) is 66.2 Å². The molecule has 1 aliphatic rings. The van der Waals surface area contributed by atoms with Crippen LogP contribution in [0.15, 0.2) is 66.7 Å². The van der Waals surface area contributed by atoms with Gasteiger partial charge in [0.05, 0.1) is 12.5 Å². The second kappa shape index (κ2) is 13.3. The van der Waals surface area contributed by atoms with Crippen molar-refractivity contribution in [2.24, 2.45) is 5.92 Å². The number of halogens is 1. The minimum absolute atomic E-state index is 0.0268. The molecular weight excluding hydrogens is 486 g/mol. The van der Waals surface area contributed by atoms with Crippen LogP contribution in [0.4, 0.5) is 4.79 Å². The molecule has 1 aliphatic heterocycles. The van der Waals surface area contributed by atoms with Gasteiger partial charge in [0.2, 0.25) is 11.8 Å². The second-order valence-electron chi connectivity index (χ2n) is 8.33. The van der Waals surface area contributed by atoms with Crippen LogP contribution in [-0.2, 0) is 25.7 Å². The zero-order valence-electron chi connectivity index (χ0n) is 19.5. The molecule has 2 aromatic rings. The monoisotopic (exact) mass is 513 g/mol. The molecule has 1 heterocycles. The second-order valence-corrected chi connectivity index (χ2v) is 8.77. The fourth-order valence-electron chi connectivity index (χ4n) is 3.69. The van der Waals surface area contributed by atoms with Gasteiger partial charge in [-0.2, -0.15) is 0 Å². The van der Waals surface area contributed by atoms with Crippen molar-refractivity contribution in [3.05, 3.63) is 82.9 Å². The first kappa shape index (κ1) is 26.7. The fraction of sp³-hybridized carbons (Fsp3) is 0.308. The third-order valence-electron chi connectivity index (χ3n) is 5.64. The van der Waals surface area contributed by atoms with Crippen molar-refractivity contribution < 1.29 is 29.0 Å². The fourth-order valence-corrected chi connectivity index (χ4v) is 3.82. The maximum absolute atomic E-state index is 13.0. The van der Waals surface area contributed by atoms with Gasteiger partial charge >= 0.3 is 12.1 Å². The standard InChI is InChI=1S/C26H28ClN3O6/c27-20-12-10-17(11-13-20)15-28-23(31)14-19-8-4-5-9-21(30-26(34)35)25(33)36-22(16-29-24(19)32)18-6-2-1-3-7-18/h1-7,10-13,19,21-22,30H,8-9,14-16H2,(H,28,31)(H,29,32)(H,34,35)/b5-4+/t19-,21+,22-/m0/s1.